The van der Waals surface area contributed by atoms with Crippen LogP contribution < -0.4 is 10.6 Å². The number of aryl methyl sites for hydroxylation is 1. The molecule has 0 saturated carbocycles. The summed E-state index contributed by atoms with van der Waals surface area (Å²) in [4.78, 5) is 17.0. The Morgan fingerprint density at radius 1 is 0.824 bits per heavy atom. The maximum absolute atomic E-state index is 12.7. The molecule has 1 heterocycles. The molecule has 0 aliphatic carbocycles. The fourth-order valence-electron chi connectivity index (χ4n) is 4.29. The topological polar surface area (TPSA) is 80.0 Å². The first-order valence-corrected chi connectivity index (χ1v) is 13.5. The summed E-state index contributed by atoms with van der Waals surface area (Å²) >= 11 is 0. The molecule has 0 aliphatic rings. The highest BCUT2D eigenvalue weighted by Gasteiger charge is 2.17. The molecule has 2 N–H and O–H groups in total. The zero-order chi connectivity index (χ0) is 24.8. The Morgan fingerprint density at radius 3 is 1.88 bits per heavy atom. The number of aromatic nitrogens is 2. The molecule has 0 unspecified atom stereocenters. The summed E-state index contributed by atoms with van der Waals surface area (Å²) in [6.45, 7) is 10.8. The Kier molecular flexibility index (Phi) is 12.7. The summed E-state index contributed by atoms with van der Waals surface area (Å²) in [6.07, 6.45) is 15.1. The molecule has 6 nitrogen and oxygen atoms in total. The second-order valence-electron chi connectivity index (χ2n) is 10.00. The number of nitrogens with one attached hydrogen (secondary N) is 2. The van der Waals surface area contributed by atoms with Crippen LogP contribution in [0.2, 0.25) is 0 Å². The predicted molar refractivity (Wildman–Crippen MR) is 142 cm³/mol. The Bertz CT molecular complexity index is 818. The van der Waals surface area contributed by atoms with Gasteiger partial charge in [-0.15, -0.1) is 0 Å². The van der Waals surface area contributed by atoms with E-state index in [1.165, 1.54) is 64.2 Å². The summed E-state index contributed by atoms with van der Waals surface area (Å²) < 4.78 is 5.33. The van der Waals surface area contributed by atoms with Crippen molar-refractivity contribution in [3.8, 4) is 0 Å². The maximum atomic E-state index is 12.7. The fourth-order valence-corrected chi connectivity index (χ4v) is 4.29. The van der Waals surface area contributed by atoms with Crippen molar-refractivity contribution in [3.05, 3.63) is 35.2 Å². The second-order valence-corrected chi connectivity index (χ2v) is 10.00. The average Bonchev–Trinajstić information content (AvgIpc) is 3.24. The van der Waals surface area contributed by atoms with Crippen molar-refractivity contribution < 1.29 is 9.32 Å². The molecule has 0 aliphatic heterocycles. The number of hydrogen-bond acceptors (Lipinski definition) is 4. The predicted octanol–water partition coefficient (Wildman–Crippen LogP) is 8.81. The van der Waals surface area contributed by atoms with Crippen LogP contribution in [-0.4, -0.2) is 16.2 Å². The number of nitrogens with zero attached hydrogens (tertiary/aromatic N) is 2. The minimum atomic E-state index is -0.350. The molecule has 0 atom stereocenters. The number of unbranched alkanes of at least 4 members (excludes halogenated alkanes) is 10. The van der Waals surface area contributed by atoms with E-state index in [-0.39, 0.29) is 12.0 Å². The third kappa shape index (κ3) is 9.86. The highest BCUT2D eigenvalue weighted by molar-refractivity contribution is 5.99. The Labute approximate surface area is 206 Å². The number of amides is 2. The summed E-state index contributed by atoms with van der Waals surface area (Å²) in [7, 11) is 0. The van der Waals surface area contributed by atoms with Crippen molar-refractivity contribution in [2.75, 3.05) is 10.6 Å². The van der Waals surface area contributed by atoms with Gasteiger partial charge in [-0.1, -0.05) is 117 Å². The molecule has 1 aromatic heterocycles. The van der Waals surface area contributed by atoms with Gasteiger partial charge >= 0.3 is 6.03 Å². The van der Waals surface area contributed by atoms with E-state index in [4.69, 9.17) is 4.52 Å². The van der Waals surface area contributed by atoms with Crippen molar-refractivity contribution >= 4 is 17.7 Å². The van der Waals surface area contributed by atoms with Gasteiger partial charge in [0.2, 0.25) is 5.89 Å². The summed E-state index contributed by atoms with van der Waals surface area (Å²) in [5.41, 5.74) is 3.10. The molecule has 0 radical (unpaired) electrons. The minimum absolute atomic E-state index is 0.212. The van der Waals surface area contributed by atoms with Gasteiger partial charge in [-0.2, -0.15) is 4.98 Å². The molecular weight excluding hydrogens is 424 g/mol. The van der Waals surface area contributed by atoms with Crippen LogP contribution in [0.5, 0.6) is 0 Å². The first-order chi connectivity index (χ1) is 16.4. The molecule has 2 amide bonds. The van der Waals surface area contributed by atoms with E-state index >= 15 is 0 Å². The molecule has 1 aromatic carbocycles. The molecule has 0 bridgehead atoms. The van der Waals surface area contributed by atoms with Crippen LogP contribution in [-0.2, 0) is 6.42 Å². The van der Waals surface area contributed by atoms with E-state index in [9.17, 15) is 4.79 Å². The second kappa shape index (κ2) is 15.5. The van der Waals surface area contributed by atoms with Gasteiger partial charge in [0.05, 0.1) is 0 Å². The lowest BCUT2D eigenvalue weighted by Gasteiger charge is -2.19. The third-order valence-electron chi connectivity index (χ3n) is 6.30. The van der Waals surface area contributed by atoms with Crippen molar-refractivity contribution in [2.45, 2.75) is 124 Å². The van der Waals surface area contributed by atoms with Crippen LogP contribution in [0.4, 0.5) is 16.4 Å². The molecule has 2 rings (SSSR count). The van der Waals surface area contributed by atoms with Crippen LogP contribution in [0.1, 0.15) is 134 Å². The summed E-state index contributed by atoms with van der Waals surface area (Å²) in [5, 5.41) is 9.66. The first-order valence-electron chi connectivity index (χ1n) is 13.5. The van der Waals surface area contributed by atoms with E-state index in [1.807, 2.05) is 6.07 Å². The number of para-hydroxylation sites is 1. The standard InChI is InChI=1S/C28H46N4O2/c1-6-7-8-9-10-11-12-13-14-15-16-20-25-29-27(32-34-25)31-28(33)30-26-23(21(2)3)18-17-19-24(26)22(4)5/h17-19,21-22H,6-16,20H2,1-5H3,(H2,30,31,32,33). The van der Waals surface area contributed by atoms with Gasteiger partial charge < -0.3 is 9.84 Å². The van der Waals surface area contributed by atoms with Crippen LogP contribution in [0.15, 0.2) is 22.7 Å². The number of urea groups is 1. The number of benzene rings is 1. The van der Waals surface area contributed by atoms with Gasteiger partial charge in [0.15, 0.2) is 0 Å². The summed E-state index contributed by atoms with van der Waals surface area (Å²) in [5.74, 6) is 1.40. The Balaban J connectivity index is 1.71. The lowest BCUT2D eigenvalue weighted by atomic mass is 9.93. The van der Waals surface area contributed by atoms with Crippen LogP contribution in [0.25, 0.3) is 0 Å². The van der Waals surface area contributed by atoms with E-state index < -0.39 is 0 Å². The molecule has 190 valence electrons. The summed E-state index contributed by atoms with van der Waals surface area (Å²) in [6, 6.07) is 5.82. The quantitative estimate of drug-likeness (QED) is 0.240. The average molecular weight is 471 g/mol. The highest BCUT2D eigenvalue weighted by Crippen LogP contribution is 2.32. The van der Waals surface area contributed by atoms with Gasteiger partial charge in [0, 0.05) is 12.1 Å². The lowest BCUT2D eigenvalue weighted by molar-refractivity contribution is 0.261. The van der Waals surface area contributed by atoms with Crippen LogP contribution in [0.3, 0.4) is 0 Å². The zero-order valence-corrected chi connectivity index (χ0v) is 22.1. The number of anilines is 2. The Hall–Kier alpha value is -2.37. The normalized spacial score (nSPS) is 11.4. The minimum Gasteiger partial charge on any atom is -0.337 e. The maximum Gasteiger partial charge on any atom is 0.326 e. The first kappa shape index (κ1) is 27.9. The fraction of sp³-hybridized carbons (Fsp3) is 0.679. The van der Waals surface area contributed by atoms with Crippen molar-refractivity contribution in [2.24, 2.45) is 0 Å². The third-order valence-corrected chi connectivity index (χ3v) is 6.30. The van der Waals surface area contributed by atoms with Crippen molar-refractivity contribution in [3.63, 3.8) is 0 Å². The van der Waals surface area contributed by atoms with E-state index in [2.05, 4.69) is 67.5 Å². The number of carbonyl (C=O) groups excluding carboxylic acids is 1. The van der Waals surface area contributed by atoms with E-state index in [0.29, 0.717) is 17.7 Å². The molecule has 34 heavy (non-hydrogen) atoms. The van der Waals surface area contributed by atoms with Gasteiger partial charge in [-0.3, -0.25) is 5.32 Å². The number of rotatable bonds is 16. The largest absolute Gasteiger partial charge is 0.337 e. The Morgan fingerprint density at radius 2 is 1.35 bits per heavy atom. The van der Waals surface area contributed by atoms with E-state index in [0.717, 1.165) is 29.7 Å². The molecule has 6 heteroatoms. The van der Waals surface area contributed by atoms with Crippen molar-refractivity contribution in [1.82, 2.24) is 10.1 Å². The van der Waals surface area contributed by atoms with E-state index in [1.54, 1.807) is 0 Å². The zero-order valence-electron chi connectivity index (χ0n) is 22.1. The monoisotopic (exact) mass is 470 g/mol. The van der Waals surface area contributed by atoms with Crippen molar-refractivity contribution in [1.29, 1.82) is 0 Å². The van der Waals surface area contributed by atoms with Gasteiger partial charge in [0.25, 0.3) is 5.95 Å². The van der Waals surface area contributed by atoms with Crippen LogP contribution >= 0.6 is 0 Å². The molecule has 2 aromatic rings. The van der Waals surface area contributed by atoms with Crippen LogP contribution in [0, 0.1) is 0 Å². The molecular formula is C28H46N4O2. The number of carbonyl (C=O) groups is 1. The van der Waals surface area contributed by atoms with Gasteiger partial charge in [0.1, 0.15) is 0 Å². The van der Waals surface area contributed by atoms with Gasteiger partial charge in [-0.05, 0) is 34.5 Å². The molecule has 0 fully saturated rings. The smallest absolute Gasteiger partial charge is 0.326 e. The molecule has 0 spiro atoms. The number of hydrogen-bond donors (Lipinski definition) is 2. The molecule has 0 saturated heterocycles. The highest BCUT2D eigenvalue weighted by atomic mass is 16.5. The SMILES string of the molecule is CCCCCCCCCCCCCc1nc(NC(=O)Nc2c(C(C)C)cccc2C(C)C)no1. The van der Waals surface area contributed by atoms with Gasteiger partial charge in [-0.25, -0.2) is 4.79 Å². The lowest BCUT2D eigenvalue weighted by Crippen LogP contribution is -2.22.